The molecule has 1 saturated heterocycles. The maximum atomic E-state index is 5.31. The lowest BCUT2D eigenvalue weighted by atomic mass is 10.0. The van der Waals surface area contributed by atoms with E-state index in [9.17, 15) is 0 Å². The van der Waals surface area contributed by atoms with Gasteiger partial charge in [-0.1, -0.05) is 115 Å². The predicted octanol–water partition coefficient (Wildman–Crippen LogP) is 7.89. The fourth-order valence-electron chi connectivity index (χ4n) is 6.07. The van der Waals surface area contributed by atoms with Crippen molar-refractivity contribution in [2.45, 2.75) is 30.6 Å². The van der Waals surface area contributed by atoms with E-state index in [2.05, 4.69) is 120 Å². The molecule has 4 aromatic rings. The minimum Gasteiger partial charge on any atom is -0.179 e. The standard InChI is InChI=1S/C31H31NP2/c1-34(30(26-14-5-2-6-15-26)21-22-31(34)27-16-7-3-8-17-27)32-24-23-25-13-11-12-20-29(25)33(32)28-18-9-4-10-19-28/h2-20,30-31H,1,21-24H2/t30-,31-,33?/m0/s1. The fourth-order valence-corrected chi connectivity index (χ4v) is 15.1. The molecule has 0 aliphatic carbocycles. The van der Waals surface area contributed by atoms with Gasteiger partial charge in [0.05, 0.1) is 19.4 Å². The highest BCUT2D eigenvalue weighted by molar-refractivity contribution is 7.87. The summed E-state index contributed by atoms with van der Waals surface area (Å²) in [6.07, 6.45) is 3.55. The maximum Gasteiger partial charge on any atom is 0.0845 e. The number of hydrogen-bond acceptors (Lipinski definition) is 1. The van der Waals surface area contributed by atoms with Crippen molar-refractivity contribution in [1.29, 1.82) is 0 Å². The zero-order valence-electron chi connectivity index (χ0n) is 19.5. The summed E-state index contributed by atoms with van der Waals surface area (Å²) in [5, 5.41) is 2.99. The molecule has 6 rings (SSSR count). The van der Waals surface area contributed by atoms with Crippen molar-refractivity contribution >= 4 is 26.1 Å². The van der Waals surface area contributed by atoms with Crippen LogP contribution in [0.1, 0.15) is 40.8 Å². The Bertz CT molecular complexity index is 1190. The molecule has 2 heterocycles. The smallest absolute Gasteiger partial charge is 0.0845 e. The zero-order valence-corrected chi connectivity index (χ0v) is 21.3. The second kappa shape index (κ2) is 9.39. The van der Waals surface area contributed by atoms with E-state index in [-0.39, 0.29) is 0 Å². The average Bonchev–Trinajstić information content (AvgIpc) is 3.27. The van der Waals surface area contributed by atoms with Crippen molar-refractivity contribution in [1.82, 2.24) is 4.44 Å². The largest absolute Gasteiger partial charge is 0.179 e. The van der Waals surface area contributed by atoms with Crippen molar-refractivity contribution < 1.29 is 0 Å². The molecule has 0 aromatic heterocycles. The van der Waals surface area contributed by atoms with E-state index in [4.69, 9.17) is 6.66 Å². The lowest BCUT2D eigenvalue weighted by molar-refractivity contribution is 0.665. The van der Waals surface area contributed by atoms with E-state index in [0.717, 1.165) is 13.0 Å². The minimum absolute atomic E-state index is 0.512. The van der Waals surface area contributed by atoms with Crippen LogP contribution in [0.25, 0.3) is 0 Å². The van der Waals surface area contributed by atoms with Gasteiger partial charge in [-0.05, 0) is 48.7 Å². The van der Waals surface area contributed by atoms with Gasteiger partial charge in [-0.2, -0.15) is 11.1 Å². The molecular weight excluding hydrogens is 448 g/mol. The quantitative estimate of drug-likeness (QED) is 0.212. The Morgan fingerprint density at radius 3 is 1.74 bits per heavy atom. The first-order chi connectivity index (χ1) is 16.8. The zero-order chi connectivity index (χ0) is 23.0. The average molecular weight is 480 g/mol. The topological polar surface area (TPSA) is 3.24 Å². The number of hydrogen-bond donors (Lipinski definition) is 0. The normalized spacial score (nSPS) is 24.0. The summed E-state index contributed by atoms with van der Waals surface area (Å²) >= 11 is 0. The molecule has 0 radical (unpaired) electrons. The number of benzene rings is 4. The minimum atomic E-state index is -1.82. The van der Waals surface area contributed by atoms with Gasteiger partial charge in [0, 0.05) is 11.8 Å². The van der Waals surface area contributed by atoms with E-state index >= 15 is 0 Å². The van der Waals surface area contributed by atoms with E-state index in [1.54, 1.807) is 0 Å². The molecule has 2 aliphatic rings. The molecule has 0 spiro atoms. The van der Waals surface area contributed by atoms with Crippen LogP contribution in [-0.4, -0.2) is 11.0 Å². The first-order valence-corrected chi connectivity index (χ1v) is 15.7. The predicted molar refractivity (Wildman–Crippen MR) is 149 cm³/mol. The third-order valence-electron chi connectivity index (χ3n) is 7.62. The highest BCUT2D eigenvalue weighted by Crippen LogP contribution is 2.88. The molecular formula is C31H31NP2. The van der Waals surface area contributed by atoms with E-state index < -0.39 is 15.5 Å². The van der Waals surface area contributed by atoms with Crippen LogP contribution in [0, 0.1) is 6.66 Å². The van der Waals surface area contributed by atoms with Crippen molar-refractivity contribution in [3.05, 3.63) is 139 Å². The summed E-state index contributed by atoms with van der Waals surface area (Å²) in [6, 6.07) is 42.9. The van der Waals surface area contributed by atoms with Gasteiger partial charge in [0.25, 0.3) is 0 Å². The lowest BCUT2D eigenvalue weighted by Gasteiger charge is -2.51. The third kappa shape index (κ3) is 3.76. The molecule has 0 saturated carbocycles. The van der Waals surface area contributed by atoms with Gasteiger partial charge in [-0.25, -0.2) is 0 Å². The molecule has 0 N–H and O–H groups in total. The molecule has 3 heteroatoms. The van der Waals surface area contributed by atoms with E-state index in [1.807, 2.05) is 0 Å². The highest BCUT2D eigenvalue weighted by Gasteiger charge is 2.56. The highest BCUT2D eigenvalue weighted by atomic mass is 31.2. The number of fused-ring (bicyclic) bond motifs is 1. The first-order valence-electron chi connectivity index (χ1n) is 12.3. The van der Waals surface area contributed by atoms with Crippen molar-refractivity contribution in [2.24, 2.45) is 0 Å². The van der Waals surface area contributed by atoms with Gasteiger partial charge >= 0.3 is 0 Å². The second-order valence-corrected chi connectivity index (χ2v) is 15.4. The molecule has 3 atom stereocenters. The molecule has 34 heavy (non-hydrogen) atoms. The molecule has 170 valence electrons. The Kier molecular flexibility index (Phi) is 6.13. The van der Waals surface area contributed by atoms with Crippen LogP contribution >= 0.6 is 15.5 Å². The first kappa shape index (κ1) is 22.2. The molecule has 1 unspecified atom stereocenters. The van der Waals surface area contributed by atoms with Gasteiger partial charge in [0.15, 0.2) is 0 Å². The molecule has 2 aliphatic heterocycles. The Hall–Kier alpha value is -2.30. The molecule has 1 fully saturated rings. The third-order valence-corrected chi connectivity index (χ3v) is 15.8. The summed E-state index contributed by atoms with van der Waals surface area (Å²) in [7, 11) is -2.44. The summed E-state index contributed by atoms with van der Waals surface area (Å²) in [6.45, 7) is 6.41. The van der Waals surface area contributed by atoms with Gasteiger partial charge < -0.3 is 0 Å². The SMILES string of the molecule is [CH2-][P+]1(N2CCc3ccccc3P2c2ccccc2)[C@H](c2ccccc2)CC[C@H]1c1ccccc1. The van der Waals surface area contributed by atoms with Gasteiger partial charge in [-0.3, -0.25) is 0 Å². The van der Waals surface area contributed by atoms with Gasteiger partial charge in [-0.15, -0.1) is 0 Å². The number of rotatable bonds is 4. The number of nitrogens with zero attached hydrogens (tertiary/aromatic N) is 1. The van der Waals surface area contributed by atoms with Crippen LogP contribution < -0.4 is 10.6 Å². The molecule has 1 nitrogen and oxygen atoms in total. The van der Waals surface area contributed by atoms with Crippen molar-refractivity contribution in [3.63, 3.8) is 0 Å². The van der Waals surface area contributed by atoms with Crippen molar-refractivity contribution in [3.8, 4) is 0 Å². The van der Waals surface area contributed by atoms with Crippen LogP contribution in [0.15, 0.2) is 115 Å². The van der Waals surface area contributed by atoms with Crippen LogP contribution in [0.5, 0.6) is 0 Å². The summed E-state index contributed by atoms with van der Waals surface area (Å²) in [5.74, 6) is 0. The van der Waals surface area contributed by atoms with E-state index in [0.29, 0.717) is 11.3 Å². The van der Waals surface area contributed by atoms with Gasteiger partial charge in [0.2, 0.25) is 0 Å². The van der Waals surface area contributed by atoms with Crippen LogP contribution in [-0.2, 0) is 6.42 Å². The summed E-state index contributed by atoms with van der Waals surface area (Å²) in [5.41, 5.74) is 5.50. The second-order valence-electron chi connectivity index (χ2n) is 9.44. The van der Waals surface area contributed by atoms with Crippen LogP contribution in [0.3, 0.4) is 0 Å². The van der Waals surface area contributed by atoms with Crippen LogP contribution in [0.4, 0.5) is 0 Å². The summed E-state index contributed by atoms with van der Waals surface area (Å²) in [4.78, 5) is 0. The summed E-state index contributed by atoms with van der Waals surface area (Å²) < 4.78 is 2.95. The Morgan fingerprint density at radius 2 is 1.15 bits per heavy atom. The fraction of sp³-hybridized carbons (Fsp3) is 0.194. The Labute approximate surface area is 206 Å². The van der Waals surface area contributed by atoms with Crippen molar-refractivity contribution in [2.75, 3.05) is 6.54 Å². The lowest BCUT2D eigenvalue weighted by Crippen LogP contribution is -2.37. The Morgan fingerprint density at radius 1 is 0.647 bits per heavy atom. The van der Waals surface area contributed by atoms with Gasteiger partial charge in [0.1, 0.15) is 0 Å². The Balaban J connectivity index is 1.54. The molecule has 0 bridgehead atoms. The maximum absolute atomic E-state index is 5.31. The molecule has 0 amide bonds. The van der Waals surface area contributed by atoms with E-state index in [1.165, 1.54) is 40.1 Å². The molecule has 4 aromatic carbocycles. The monoisotopic (exact) mass is 479 g/mol. The van der Waals surface area contributed by atoms with Crippen LogP contribution in [0.2, 0.25) is 0 Å².